The van der Waals surface area contributed by atoms with Crippen molar-refractivity contribution in [3.05, 3.63) is 253 Å². The molecule has 4 aromatic heterocycles. The van der Waals surface area contributed by atoms with Crippen LogP contribution in [0.15, 0.2) is 112 Å². The first-order valence-corrected chi connectivity index (χ1v) is 44.4. The van der Waals surface area contributed by atoms with E-state index in [1.54, 1.807) is 110 Å². The van der Waals surface area contributed by atoms with E-state index in [0.717, 1.165) is 41.4 Å². The van der Waals surface area contributed by atoms with Crippen LogP contribution in [0.5, 0.6) is 0 Å². The number of nitrogens with one attached hydrogen (secondary N) is 3. The van der Waals surface area contributed by atoms with Crippen molar-refractivity contribution in [3.63, 3.8) is 0 Å². The van der Waals surface area contributed by atoms with Crippen LogP contribution in [0.2, 0.25) is 0 Å². The molecule has 756 valence electrons. The van der Waals surface area contributed by atoms with Gasteiger partial charge in [-0.15, -0.1) is 0 Å². The maximum absolute atomic E-state index is 15.2. The third kappa shape index (κ3) is 21.6. The molecule has 10 aromatic rings. The number of rotatable bonds is 21. The molecule has 2 aliphatic carbocycles. The zero-order chi connectivity index (χ0) is 103. The third-order valence-corrected chi connectivity index (χ3v) is 26.2. The first-order chi connectivity index (χ1) is 67.1. The Morgan fingerprint density at radius 2 is 0.746 bits per heavy atom. The van der Waals surface area contributed by atoms with Crippen LogP contribution >= 0.6 is 0 Å². The molecule has 3 saturated heterocycles. The minimum atomic E-state index is -4.74. The van der Waals surface area contributed by atoms with Crippen molar-refractivity contribution in [2.24, 2.45) is 21.1 Å². The van der Waals surface area contributed by atoms with Gasteiger partial charge >= 0.3 is 36.4 Å². The van der Waals surface area contributed by atoms with Crippen molar-refractivity contribution in [2.45, 2.75) is 153 Å². The van der Waals surface area contributed by atoms with Crippen molar-refractivity contribution in [3.8, 4) is 33.6 Å². The summed E-state index contributed by atoms with van der Waals surface area (Å²) in [6.45, 7) is 4.07. The number of hydrogen-bond donors (Lipinski definition) is 5. The van der Waals surface area contributed by atoms with E-state index in [0.29, 0.717) is 137 Å². The van der Waals surface area contributed by atoms with Gasteiger partial charge in [0.2, 0.25) is 0 Å². The monoisotopic (exact) mass is 2000 g/mol. The minimum absolute atomic E-state index is 0.0923. The van der Waals surface area contributed by atoms with Gasteiger partial charge in [-0.25, -0.2) is 50.7 Å². The van der Waals surface area contributed by atoms with E-state index in [-0.39, 0.29) is 126 Å². The highest BCUT2D eigenvalue weighted by Crippen LogP contribution is 2.42. The molecule has 45 heteroatoms. The lowest BCUT2D eigenvalue weighted by atomic mass is 9.91. The molecule has 8 atom stereocenters. The summed E-state index contributed by atoms with van der Waals surface area (Å²) >= 11 is 0. The molecule has 3 fully saturated rings. The summed E-state index contributed by atoms with van der Waals surface area (Å²) < 4.78 is 253. The van der Waals surface area contributed by atoms with E-state index in [1.807, 2.05) is 0 Å². The Hall–Kier alpha value is -13.6. The first-order valence-electron chi connectivity index (χ1n) is 44.4. The molecule has 30 nitrogen and oxygen atoms in total. The fourth-order valence-corrected chi connectivity index (χ4v) is 18.5. The number of aliphatic hydroxyl groups is 2. The maximum Gasteiger partial charge on any atom is 0.411 e. The molecule has 0 saturated carbocycles. The van der Waals surface area contributed by atoms with Crippen molar-refractivity contribution >= 4 is 63.6 Å². The molecule has 142 heavy (non-hydrogen) atoms. The summed E-state index contributed by atoms with van der Waals surface area (Å²) in [7, 11) is 8.13. The van der Waals surface area contributed by atoms with Crippen LogP contribution in [0.3, 0.4) is 0 Å². The minimum Gasteiger partial charge on any atom is -0.467 e. The number of ether oxygens (including phenoxy) is 7. The van der Waals surface area contributed by atoms with Crippen molar-refractivity contribution in [2.75, 3.05) is 95.3 Å². The number of aryl methyl sites for hydroxylation is 3. The summed E-state index contributed by atoms with van der Waals surface area (Å²) in [6.07, 6.45) is -12.4. The maximum atomic E-state index is 15.2. The van der Waals surface area contributed by atoms with Crippen molar-refractivity contribution < 1.29 is 138 Å². The van der Waals surface area contributed by atoms with E-state index < -0.39 is 191 Å². The van der Waals surface area contributed by atoms with Gasteiger partial charge in [-0.3, -0.25) is 33.8 Å². The van der Waals surface area contributed by atoms with Gasteiger partial charge in [-0.05, 0) is 158 Å². The average molecular weight is 2000 g/mol. The van der Waals surface area contributed by atoms with E-state index in [4.69, 9.17) is 33.2 Å². The van der Waals surface area contributed by atoms with E-state index in [9.17, 15) is 92.9 Å². The molecule has 0 bridgehead atoms. The molecule has 4 aliphatic heterocycles. The smallest absolute Gasteiger partial charge is 0.411 e. The summed E-state index contributed by atoms with van der Waals surface area (Å²) in [5.74, 6) is -15.3. The molecular weight excluding hydrogens is 1910 g/mol. The van der Waals surface area contributed by atoms with E-state index in [2.05, 4.69) is 30.9 Å². The van der Waals surface area contributed by atoms with Crippen molar-refractivity contribution in [1.82, 2.24) is 44.6 Å². The predicted molar refractivity (Wildman–Crippen MR) is 481 cm³/mol. The molecular formula is C97H95F15N12O18. The predicted octanol–water partition coefficient (Wildman–Crippen LogP) is 10.4. The SMILES string of the molecule is COC(=O)[C@H](Cc1ccc(-c2cc3cnccc3n(C)c2=O)c2c1COC2)NC(=O)c1c(F)cc(N2CCOC[C@@H]2C(F)(F)F)cc1F.COC(=O)[C@H](Cc1ccc(-c2nc(C)c(C)n(C)c2=O)c2c1C[C@@H](O)C2)NC(=O)c1c(F)cc(N2CCOC[C@@H]2C(F)(F)F)cc1F.COC(=O)[C@H](Cc1ccc(-c2nc(C)c(C)n(C)c2=O)c2c1C[C@H](O)C2)NC(=O)c1c(F)cc(N2CCOC[C@@H]2C(F)(F)F)cc1F. The van der Waals surface area contributed by atoms with Crippen LogP contribution in [0.4, 0.5) is 82.9 Å². The third-order valence-electron chi connectivity index (χ3n) is 26.2. The average Bonchev–Trinajstić information content (AvgIpc) is 1.52. The molecule has 5 N–H and O–H groups in total. The number of fused-ring (bicyclic) bond motifs is 4. The van der Waals surface area contributed by atoms with Gasteiger partial charge in [0.15, 0.2) is 0 Å². The number of nitrogens with zero attached hydrogens (tertiary/aromatic N) is 9. The largest absolute Gasteiger partial charge is 0.467 e. The van der Waals surface area contributed by atoms with Crippen LogP contribution in [0.25, 0.3) is 44.5 Å². The Bertz CT molecular complexity index is 6510. The number of hydrogen-bond acceptors (Lipinski definition) is 24. The van der Waals surface area contributed by atoms with Gasteiger partial charge in [-0.2, -0.15) is 39.5 Å². The molecule has 0 unspecified atom stereocenters. The fraction of sp³-hybridized carbons (Fsp3) is 0.402. The topological polar surface area (TPSA) is 358 Å². The number of aliphatic hydroxyl groups excluding tert-OH is 2. The lowest BCUT2D eigenvalue weighted by Crippen LogP contribution is -2.53. The standard InChI is InChI=1S/C33H29F5N4O6.2C32H33F5N4O6/c1-41-27-5-6-39-13-18(27)9-21(31(41)44)20-4-3-17(22-14-48-15-23(20)22)10-26(32(45)46-2)40-30(43)29-24(34)11-19(12-25(29)35)42-7-8-47-16-28(42)33(36,37)38;2*1-15-16(2)40(3)30(44)28(38-15)20-6-5-17(21-12-19(42)13-22(20)21)9-25(31(45)46-4)39-29(43)27-23(33)10-18(11-24(27)34)41-7-8-47-14-26(41)32(35,36)37/h3-6,9,11-13,26,28H,7-8,10,14-16H2,1-2H3,(H,40,43);2*5-6,10-11,19,25-26,42H,7-9,12-14H2,1-4H3,(H,39,43)/t26-,28+;19-,25+,26-;19-,25-,26+/m010/s1. The fourth-order valence-electron chi connectivity index (χ4n) is 18.5. The highest BCUT2D eigenvalue weighted by Gasteiger charge is 2.50. The summed E-state index contributed by atoms with van der Waals surface area (Å²) in [4.78, 5) is 133. The lowest BCUT2D eigenvalue weighted by Gasteiger charge is -2.38. The molecule has 8 heterocycles. The van der Waals surface area contributed by atoms with Gasteiger partial charge in [-0.1, -0.05) is 36.4 Å². The number of esters is 3. The Balaban J connectivity index is 0.000000169. The second-order valence-electron chi connectivity index (χ2n) is 34.7. The number of anilines is 3. The van der Waals surface area contributed by atoms with Gasteiger partial charge in [0, 0.05) is 123 Å². The summed E-state index contributed by atoms with van der Waals surface area (Å²) in [6, 6.07) is 6.48. The zero-order valence-electron chi connectivity index (χ0n) is 77.7. The van der Waals surface area contributed by atoms with Gasteiger partial charge in [0.05, 0.1) is 103 Å². The molecule has 3 amide bonds. The Morgan fingerprint density at radius 1 is 0.423 bits per heavy atom. The number of amides is 3. The normalized spacial score (nSPS) is 18.0. The molecule has 0 spiro atoms. The Morgan fingerprint density at radius 3 is 1.08 bits per heavy atom. The Kier molecular flexibility index (Phi) is 31.0. The first kappa shape index (κ1) is 104. The summed E-state index contributed by atoms with van der Waals surface area (Å²) in [5, 5.41) is 28.8. The van der Waals surface area contributed by atoms with Crippen LogP contribution in [0.1, 0.15) is 104 Å². The quantitative estimate of drug-likeness (QED) is 0.0253. The van der Waals surface area contributed by atoms with Crippen LogP contribution in [-0.4, -0.2) is 222 Å². The number of carbonyl (C=O) groups is 6. The number of alkyl halides is 9. The highest BCUT2D eigenvalue weighted by molar-refractivity contribution is 6.00. The summed E-state index contributed by atoms with van der Waals surface area (Å²) in [5.41, 5.74) is 5.92. The van der Waals surface area contributed by atoms with Crippen molar-refractivity contribution in [1.29, 1.82) is 0 Å². The number of benzene rings is 6. The molecule has 0 radical (unpaired) electrons. The van der Waals surface area contributed by atoms with Crippen LogP contribution in [-0.2, 0) is 127 Å². The molecule has 6 aromatic carbocycles. The van der Waals surface area contributed by atoms with Gasteiger partial charge in [0.25, 0.3) is 34.4 Å². The number of morpholine rings is 3. The number of methoxy groups -OCH3 is 3. The number of aromatic nitrogens is 6. The van der Waals surface area contributed by atoms with Crippen LogP contribution in [0, 0.1) is 62.6 Å². The van der Waals surface area contributed by atoms with Gasteiger partial charge < -0.3 is 87.7 Å². The van der Waals surface area contributed by atoms with E-state index >= 15 is 26.3 Å². The number of carbonyl (C=O) groups excluding carboxylic acids is 6. The number of halogens is 15. The van der Waals surface area contributed by atoms with Gasteiger partial charge in [0.1, 0.15) is 99.2 Å². The molecule has 6 aliphatic rings. The Labute approximate surface area is 798 Å². The highest BCUT2D eigenvalue weighted by atomic mass is 19.4. The lowest BCUT2D eigenvalue weighted by molar-refractivity contribution is -0.167. The van der Waals surface area contributed by atoms with E-state index in [1.165, 1.54) is 13.7 Å². The molecule has 16 rings (SSSR count). The zero-order valence-corrected chi connectivity index (χ0v) is 77.7. The number of pyridine rings is 2. The second kappa shape index (κ2) is 42.3. The second-order valence-corrected chi connectivity index (χ2v) is 34.7. The van der Waals surface area contributed by atoms with Crippen LogP contribution < -0.4 is 47.3 Å².